The quantitative estimate of drug-likeness (QED) is 0.294. The summed E-state index contributed by atoms with van der Waals surface area (Å²) >= 11 is 0. The highest BCUT2D eigenvalue weighted by atomic mass is 16.4. The second kappa shape index (κ2) is 1.82. The molecule has 9 heavy (non-hydrogen) atoms. The second-order valence-corrected chi connectivity index (χ2v) is 1.40. The average Bonchev–Trinajstić information content (AvgIpc) is 2.13. The summed E-state index contributed by atoms with van der Waals surface area (Å²) in [5.41, 5.74) is 6.24. The van der Waals surface area contributed by atoms with Crippen LogP contribution in [0.25, 0.3) is 0 Å². The maximum absolute atomic E-state index is 10.1. The van der Waals surface area contributed by atoms with Crippen molar-refractivity contribution >= 4 is 5.97 Å². The Balaban J connectivity index is 2.78. The monoisotopic (exact) mass is 131 g/mol. The molecule has 0 aromatic heterocycles. The molecule has 1 aliphatic rings. The lowest BCUT2D eigenvalue weighted by molar-refractivity contribution is -0.133. The van der Waals surface area contributed by atoms with Gasteiger partial charge in [-0.05, 0) is 0 Å². The fourth-order valence-electron chi connectivity index (χ4n) is 0.429. The molecule has 1 heterocycles. The van der Waals surface area contributed by atoms with Crippen molar-refractivity contribution in [2.24, 2.45) is 0 Å². The Bertz CT molecular complexity index is 175. The predicted molar refractivity (Wildman–Crippen MR) is 26.7 cm³/mol. The van der Waals surface area contributed by atoms with Crippen molar-refractivity contribution in [3.05, 3.63) is 11.6 Å². The molecular weight excluding hydrogens is 126 g/mol. The number of carboxylic acids is 1. The minimum absolute atomic E-state index is 0.282. The number of hydrogen-bond donors (Lipinski definition) is 5. The van der Waals surface area contributed by atoms with Crippen molar-refractivity contribution in [3.8, 4) is 0 Å². The van der Waals surface area contributed by atoms with Gasteiger partial charge in [0.2, 0.25) is 5.88 Å². The SMILES string of the molecule is O=C(O)C1=C(O)NNN1. The molecule has 0 aromatic rings. The number of aliphatic carboxylic acids is 1. The normalized spacial score (nSPS) is 16.9. The standard InChI is InChI=1S/C3H5N3O3/c7-2-1(3(8)9)4-6-5-2/h4-7H,(H,8,9). The van der Waals surface area contributed by atoms with E-state index in [0.717, 1.165) is 0 Å². The summed E-state index contributed by atoms with van der Waals surface area (Å²) in [4.78, 5) is 10.1. The predicted octanol–water partition coefficient (Wildman–Crippen LogP) is -1.59. The van der Waals surface area contributed by atoms with Crippen LogP contribution in [0, 0.1) is 0 Å². The van der Waals surface area contributed by atoms with Gasteiger partial charge in [0.05, 0.1) is 0 Å². The van der Waals surface area contributed by atoms with E-state index in [1.165, 1.54) is 0 Å². The highest BCUT2D eigenvalue weighted by Crippen LogP contribution is 1.95. The van der Waals surface area contributed by atoms with Crippen LogP contribution in [0.4, 0.5) is 0 Å². The zero-order valence-electron chi connectivity index (χ0n) is 4.30. The lowest BCUT2D eigenvalue weighted by atomic mass is 10.5. The summed E-state index contributed by atoms with van der Waals surface area (Å²) < 4.78 is 0. The molecule has 1 rings (SSSR count). The van der Waals surface area contributed by atoms with Crippen LogP contribution in [0.1, 0.15) is 0 Å². The van der Waals surface area contributed by atoms with Crippen LogP contribution in [-0.4, -0.2) is 16.2 Å². The molecule has 0 atom stereocenters. The highest BCUT2D eigenvalue weighted by Gasteiger charge is 2.17. The molecule has 0 amide bonds. The second-order valence-electron chi connectivity index (χ2n) is 1.40. The topological polar surface area (TPSA) is 93.6 Å². The summed E-state index contributed by atoms with van der Waals surface area (Å²) in [6, 6.07) is 0. The Morgan fingerprint density at radius 3 is 2.33 bits per heavy atom. The average molecular weight is 131 g/mol. The van der Waals surface area contributed by atoms with E-state index in [1.54, 1.807) is 0 Å². The van der Waals surface area contributed by atoms with Gasteiger partial charge in [0.1, 0.15) is 0 Å². The third-order valence-corrected chi connectivity index (χ3v) is 0.819. The molecule has 0 aliphatic carbocycles. The van der Waals surface area contributed by atoms with Gasteiger partial charge < -0.3 is 10.2 Å². The van der Waals surface area contributed by atoms with Gasteiger partial charge in [-0.3, -0.25) is 10.9 Å². The number of carboxylic acid groups (broad SMARTS) is 1. The Hall–Kier alpha value is -1.43. The van der Waals surface area contributed by atoms with Crippen molar-refractivity contribution in [1.82, 2.24) is 16.4 Å². The number of aliphatic hydroxyl groups excluding tert-OH is 1. The number of carbonyl (C=O) groups is 1. The first-order valence-corrected chi connectivity index (χ1v) is 2.15. The lowest BCUT2D eigenvalue weighted by Gasteiger charge is -1.91. The largest absolute Gasteiger partial charge is 0.492 e. The molecule has 0 saturated carbocycles. The molecule has 0 saturated heterocycles. The minimum atomic E-state index is -1.22. The van der Waals surface area contributed by atoms with E-state index in [1.807, 2.05) is 0 Å². The maximum atomic E-state index is 10.1. The number of aliphatic hydroxyl groups is 1. The van der Waals surface area contributed by atoms with Crippen LogP contribution < -0.4 is 16.4 Å². The van der Waals surface area contributed by atoms with E-state index >= 15 is 0 Å². The van der Waals surface area contributed by atoms with Crippen LogP contribution in [0.3, 0.4) is 0 Å². The molecule has 6 nitrogen and oxygen atoms in total. The molecule has 0 radical (unpaired) electrons. The zero-order chi connectivity index (χ0) is 6.85. The first kappa shape index (κ1) is 5.70. The van der Waals surface area contributed by atoms with E-state index < -0.39 is 11.9 Å². The molecule has 0 fully saturated rings. The van der Waals surface area contributed by atoms with E-state index in [0.29, 0.717) is 0 Å². The molecule has 0 bridgehead atoms. The van der Waals surface area contributed by atoms with Crippen LogP contribution in [0.15, 0.2) is 11.6 Å². The lowest BCUT2D eigenvalue weighted by Crippen LogP contribution is -2.33. The Labute approximate surface area is 50.1 Å². The van der Waals surface area contributed by atoms with Gasteiger partial charge in [0.25, 0.3) is 0 Å². The van der Waals surface area contributed by atoms with Gasteiger partial charge in [-0.1, -0.05) is 0 Å². The van der Waals surface area contributed by atoms with Crippen LogP contribution >= 0.6 is 0 Å². The molecule has 50 valence electrons. The Morgan fingerprint density at radius 2 is 2.11 bits per heavy atom. The van der Waals surface area contributed by atoms with Crippen LogP contribution in [0.2, 0.25) is 0 Å². The molecule has 1 aliphatic heterocycles. The summed E-state index contributed by atoms with van der Waals surface area (Å²) in [6.07, 6.45) is 0. The molecule has 0 unspecified atom stereocenters. The third kappa shape index (κ3) is 0.868. The fraction of sp³-hybridized carbons (Fsp3) is 0. The van der Waals surface area contributed by atoms with Gasteiger partial charge in [0.15, 0.2) is 5.70 Å². The van der Waals surface area contributed by atoms with E-state index in [9.17, 15) is 4.79 Å². The number of rotatable bonds is 1. The number of hydrazine groups is 2. The third-order valence-electron chi connectivity index (χ3n) is 0.819. The number of hydrogen-bond acceptors (Lipinski definition) is 5. The molecule has 0 spiro atoms. The van der Waals surface area contributed by atoms with E-state index in [2.05, 4.69) is 16.4 Å². The first-order chi connectivity index (χ1) is 4.22. The van der Waals surface area contributed by atoms with E-state index in [-0.39, 0.29) is 5.70 Å². The molecule has 6 heteroatoms. The van der Waals surface area contributed by atoms with E-state index in [4.69, 9.17) is 10.2 Å². The van der Waals surface area contributed by atoms with Gasteiger partial charge >= 0.3 is 5.97 Å². The maximum Gasteiger partial charge on any atom is 0.359 e. The summed E-state index contributed by atoms with van der Waals surface area (Å²) in [6.45, 7) is 0. The molecule has 5 N–H and O–H groups in total. The van der Waals surface area contributed by atoms with Crippen molar-refractivity contribution in [3.63, 3.8) is 0 Å². The summed E-state index contributed by atoms with van der Waals surface area (Å²) in [5, 5.41) is 16.8. The summed E-state index contributed by atoms with van der Waals surface area (Å²) in [7, 11) is 0. The van der Waals surface area contributed by atoms with Gasteiger partial charge in [-0.2, -0.15) is 0 Å². The van der Waals surface area contributed by atoms with Crippen molar-refractivity contribution < 1.29 is 15.0 Å². The van der Waals surface area contributed by atoms with Gasteiger partial charge in [-0.25, -0.2) is 4.79 Å². The van der Waals surface area contributed by atoms with Gasteiger partial charge in [0, 0.05) is 0 Å². The Morgan fingerprint density at radius 1 is 1.44 bits per heavy atom. The zero-order valence-corrected chi connectivity index (χ0v) is 4.30. The summed E-state index contributed by atoms with van der Waals surface area (Å²) in [5.74, 6) is -1.63. The van der Waals surface area contributed by atoms with Crippen molar-refractivity contribution in [2.45, 2.75) is 0 Å². The molecular formula is C3H5N3O3. The van der Waals surface area contributed by atoms with Crippen molar-refractivity contribution in [2.75, 3.05) is 0 Å². The smallest absolute Gasteiger partial charge is 0.359 e. The first-order valence-electron chi connectivity index (χ1n) is 2.15. The van der Waals surface area contributed by atoms with Crippen LogP contribution in [-0.2, 0) is 4.79 Å². The highest BCUT2D eigenvalue weighted by molar-refractivity contribution is 5.86. The number of nitrogens with one attached hydrogen (secondary N) is 3. The molecule has 0 aromatic carbocycles. The van der Waals surface area contributed by atoms with Gasteiger partial charge in [-0.15, -0.1) is 5.53 Å². The minimum Gasteiger partial charge on any atom is -0.492 e. The Kier molecular flexibility index (Phi) is 1.16. The fourth-order valence-corrected chi connectivity index (χ4v) is 0.429. The van der Waals surface area contributed by atoms with Crippen LogP contribution in [0.5, 0.6) is 0 Å². The van der Waals surface area contributed by atoms with Crippen molar-refractivity contribution in [1.29, 1.82) is 0 Å².